The number of nitrogens with zero attached hydrogens (tertiary/aromatic N) is 2. The fourth-order valence-electron chi connectivity index (χ4n) is 3.44. The van der Waals surface area contributed by atoms with Crippen LogP contribution in [0.3, 0.4) is 0 Å². The number of nitrogens with one attached hydrogen (secondary N) is 3. The average Bonchev–Trinajstić information content (AvgIpc) is 3.31. The Kier molecular flexibility index (Phi) is 6.93. The normalized spacial score (nSPS) is 10.6. The maximum absolute atomic E-state index is 12.0. The number of hydrogen-bond acceptors (Lipinski definition) is 6. The van der Waals surface area contributed by atoms with Gasteiger partial charge in [0.2, 0.25) is 0 Å². The lowest BCUT2D eigenvalue weighted by Gasteiger charge is -2.14. The molecule has 174 valence electrons. The first-order valence-electron chi connectivity index (χ1n) is 10.7. The Morgan fingerprint density at radius 3 is 2.59 bits per heavy atom. The molecule has 0 spiro atoms. The molecule has 0 unspecified atom stereocenters. The van der Waals surface area contributed by atoms with Gasteiger partial charge in [-0.1, -0.05) is 30.3 Å². The Hall–Kier alpha value is -4.11. The number of urea groups is 1. The summed E-state index contributed by atoms with van der Waals surface area (Å²) in [5.74, 6) is 0.0375. The highest BCUT2D eigenvalue weighted by molar-refractivity contribution is 7.17. The largest absolute Gasteiger partial charge is 0.380 e. The molecule has 0 aliphatic carbocycles. The van der Waals surface area contributed by atoms with Crippen LogP contribution in [-0.4, -0.2) is 35.9 Å². The van der Waals surface area contributed by atoms with Crippen molar-refractivity contribution in [2.24, 2.45) is 5.73 Å². The van der Waals surface area contributed by atoms with E-state index in [-0.39, 0.29) is 6.03 Å². The van der Waals surface area contributed by atoms with E-state index >= 15 is 0 Å². The molecule has 5 N–H and O–H groups in total. The lowest BCUT2D eigenvalue weighted by atomic mass is 10.1. The van der Waals surface area contributed by atoms with Crippen molar-refractivity contribution in [2.45, 2.75) is 13.1 Å². The van der Waals surface area contributed by atoms with E-state index in [9.17, 15) is 9.59 Å². The van der Waals surface area contributed by atoms with Crippen LogP contribution in [0, 0.1) is 0 Å². The van der Waals surface area contributed by atoms with Crippen LogP contribution < -0.4 is 21.7 Å². The third-order valence-corrected chi connectivity index (χ3v) is 6.28. The minimum Gasteiger partial charge on any atom is -0.380 e. The fraction of sp³-hybridized carbons (Fsp3) is 0.160. The molecular weight excluding hydrogens is 448 g/mol. The van der Waals surface area contributed by atoms with Crippen molar-refractivity contribution in [3.05, 3.63) is 82.9 Å². The summed E-state index contributed by atoms with van der Waals surface area (Å²) < 4.78 is 1.21. The topological polar surface area (TPSA) is 112 Å². The molecule has 0 fully saturated rings. The van der Waals surface area contributed by atoms with E-state index in [1.165, 1.54) is 21.2 Å². The minimum absolute atomic E-state index is 0.142. The zero-order valence-corrected chi connectivity index (χ0v) is 19.8. The summed E-state index contributed by atoms with van der Waals surface area (Å²) >= 11 is 1.69. The van der Waals surface area contributed by atoms with E-state index in [4.69, 9.17) is 5.73 Å². The van der Waals surface area contributed by atoms with E-state index in [1.807, 2.05) is 30.3 Å². The summed E-state index contributed by atoms with van der Waals surface area (Å²) in [5, 5.41) is 12.7. The molecule has 2 aromatic heterocycles. The summed E-state index contributed by atoms with van der Waals surface area (Å²) in [4.78, 5) is 29.5. The average molecular weight is 475 g/mol. The number of rotatable bonds is 8. The van der Waals surface area contributed by atoms with Crippen molar-refractivity contribution in [1.82, 2.24) is 15.2 Å². The molecule has 0 bridgehead atoms. The molecule has 4 rings (SSSR count). The van der Waals surface area contributed by atoms with Crippen molar-refractivity contribution < 1.29 is 9.59 Å². The van der Waals surface area contributed by atoms with Crippen LogP contribution >= 0.6 is 11.3 Å². The van der Waals surface area contributed by atoms with Gasteiger partial charge < -0.3 is 26.6 Å². The van der Waals surface area contributed by atoms with E-state index < -0.39 is 5.91 Å². The Bertz CT molecular complexity index is 1320. The van der Waals surface area contributed by atoms with Crippen LogP contribution in [-0.2, 0) is 13.1 Å². The number of fused-ring (bicyclic) bond motifs is 1. The van der Waals surface area contributed by atoms with Gasteiger partial charge in [0.05, 0.1) is 11.3 Å². The molecule has 2 heterocycles. The summed E-state index contributed by atoms with van der Waals surface area (Å²) in [6, 6.07) is 17.6. The van der Waals surface area contributed by atoms with Crippen molar-refractivity contribution in [3.8, 4) is 0 Å². The third-order valence-electron chi connectivity index (χ3n) is 5.28. The van der Waals surface area contributed by atoms with E-state index in [2.05, 4.69) is 44.5 Å². The first-order chi connectivity index (χ1) is 16.4. The van der Waals surface area contributed by atoms with Crippen molar-refractivity contribution in [3.63, 3.8) is 0 Å². The van der Waals surface area contributed by atoms with Crippen LogP contribution in [0.15, 0.2) is 66.2 Å². The number of aromatic nitrogens is 1. The van der Waals surface area contributed by atoms with E-state index in [0.29, 0.717) is 30.2 Å². The Labute approximate surface area is 201 Å². The Morgan fingerprint density at radius 1 is 1.06 bits per heavy atom. The van der Waals surface area contributed by atoms with Crippen molar-refractivity contribution in [2.75, 3.05) is 24.7 Å². The van der Waals surface area contributed by atoms with Gasteiger partial charge in [-0.25, -0.2) is 9.78 Å². The highest BCUT2D eigenvalue weighted by atomic mass is 32.1. The van der Waals surface area contributed by atoms with Crippen LogP contribution in [0.25, 0.3) is 10.1 Å². The van der Waals surface area contributed by atoms with Gasteiger partial charge in [0.1, 0.15) is 5.82 Å². The monoisotopic (exact) mass is 474 g/mol. The second kappa shape index (κ2) is 10.2. The molecule has 0 saturated carbocycles. The maximum Gasteiger partial charge on any atom is 0.317 e. The predicted octanol–water partition coefficient (Wildman–Crippen LogP) is 4.52. The van der Waals surface area contributed by atoms with Gasteiger partial charge in [-0.2, -0.15) is 0 Å². The number of amides is 3. The number of hydrogen-bond donors (Lipinski definition) is 4. The number of nitrogens with two attached hydrogens (primary N) is 1. The van der Waals surface area contributed by atoms with Gasteiger partial charge in [-0.15, -0.1) is 11.3 Å². The summed E-state index contributed by atoms with van der Waals surface area (Å²) in [6.45, 7) is 0.989. The second-order valence-electron chi connectivity index (χ2n) is 7.96. The molecule has 4 aromatic rings. The lowest BCUT2D eigenvalue weighted by molar-refractivity contribution is 0.100. The number of anilines is 3. The number of primary amides is 1. The molecule has 0 aliphatic rings. The molecule has 0 saturated heterocycles. The first-order valence-corrected chi connectivity index (χ1v) is 11.6. The van der Waals surface area contributed by atoms with Gasteiger partial charge in [0.15, 0.2) is 0 Å². The predicted molar refractivity (Wildman–Crippen MR) is 138 cm³/mol. The number of pyridine rings is 1. The van der Waals surface area contributed by atoms with Crippen LogP contribution in [0.5, 0.6) is 0 Å². The second-order valence-corrected chi connectivity index (χ2v) is 8.88. The van der Waals surface area contributed by atoms with Gasteiger partial charge >= 0.3 is 6.03 Å². The molecular formula is C25H26N6O2S. The van der Waals surface area contributed by atoms with Gasteiger partial charge in [-0.05, 0) is 40.1 Å². The zero-order valence-electron chi connectivity index (χ0n) is 19.0. The summed E-state index contributed by atoms with van der Waals surface area (Å²) in [5.41, 5.74) is 9.47. The molecule has 0 radical (unpaired) electrons. The molecule has 0 aliphatic heterocycles. The highest BCUT2D eigenvalue weighted by Gasteiger charge is 2.12. The lowest BCUT2D eigenvalue weighted by Crippen LogP contribution is -2.33. The summed E-state index contributed by atoms with van der Waals surface area (Å²) in [7, 11) is 3.40. The Morgan fingerprint density at radius 2 is 1.85 bits per heavy atom. The summed E-state index contributed by atoms with van der Waals surface area (Å²) in [6.07, 6.45) is 1.48. The quantitative estimate of drug-likeness (QED) is 0.300. The number of thiophene rings is 1. The van der Waals surface area contributed by atoms with Gasteiger partial charge in [0, 0.05) is 49.8 Å². The minimum atomic E-state index is -0.542. The maximum atomic E-state index is 12.0. The fourth-order valence-corrected chi connectivity index (χ4v) is 4.36. The molecule has 34 heavy (non-hydrogen) atoms. The first kappa shape index (κ1) is 23.1. The van der Waals surface area contributed by atoms with Gasteiger partial charge in [-0.3, -0.25) is 4.79 Å². The van der Waals surface area contributed by atoms with Crippen molar-refractivity contribution in [1.29, 1.82) is 0 Å². The number of benzene rings is 2. The molecule has 9 heteroatoms. The highest BCUT2D eigenvalue weighted by Crippen LogP contribution is 2.27. The smallest absolute Gasteiger partial charge is 0.317 e. The van der Waals surface area contributed by atoms with Crippen LogP contribution in [0.1, 0.15) is 21.5 Å². The molecule has 3 amide bonds. The van der Waals surface area contributed by atoms with E-state index in [0.717, 1.165) is 16.8 Å². The van der Waals surface area contributed by atoms with Gasteiger partial charge in [0.25, 0.3) is 5.91 Å². The molecule has 0 atom stereocenters. The van der Waals surface area contributed by atoms with Crippen LogP contribution in [0.2, 0.25) is 0 Å². The molecule has 8 nitrogen and oxygen atoms in total. The van der Waals surface area contributed by atoms with Crippen molar-refractivity contribution >= 4 is 50.6 Å². The van der Waals surface area contributed by atoms with Crippen LogP contribution in [0.4, 0.5) is 22.0 Å². The zero-order chi connectivity index (χ0) is 24.1. The molecule has 2 aromatic carbocycles. The van der Waals surface area contributed by atoms with E-state index in [1.54, 1.807) is 31.5 Å². The number of carbonyl (C=O) groups excluding carboxylic acids is 2. The third kappa shape index (κ3) is 5.44. The standard InChI is InChI=1S/C25H26N6O2S/c1-31(2)25(33)29-13-16-6-8-19(9-7-16)30-22-12-21(20(15-28-22)24(26)32)27-14-18-5-3-4-17-10-11-34-23(17)18/h3-12,15H,13-14H2,1-2H3,(H2,26,32)(H,29,33)(H2,27,28,30). The number of carbonyl (C=O) groups is 2. The SMILES string of the molecule is CN(C)C(=O)NCc1ccc(Nc2cc(NCc3cccc4ccsc34)c(C(N)=O)cn2)cc1. The Balaban J connectivity index is 1.47.